The molecular weight excluding hydrogens is 336 g/mol. The van der Waals surface area contributed by atoms with Gasteiger partial charge in [-0.3, -0.25) is 4.90 Å². The average Bonchev–Trinajstić information content (AvgIpc) is 3.37. The topological polar surface area (TPSA) is 72.9 Å². The summed E-state index contributed by atoms with van der Waals surface area (Å²) in [5.41, 5.74) is 2.97. The highest BCUT2D eigenvalue weighted by molar-refractivity contribution is 7.07. The van der Waals surface area contributed by atoms with E-state index < -0.39 is 0 Å². The minimum atomic E-state index is 0.427. The Balaban J connectivity index is 1.43. The van der Waals surface area contributed by atoms with Crippen molar-refractivity contribution in [3.05, 3.63) is 46.5 Å². The van der Waals surface area contributed by atoms with Gasteiger partial charge >= 0.3 is 0 Å². The van der Waals surface area contributed by atoms with Gasteiger partial charge in [-0.2, -0.15) is 4.98 Å². The van der Waals surface area contributed by atoms with Crippen LogP contribution in [-0.2, 0) is 19.5 Å². The Labute approximate surface area is 150 Å². The van der Waals surface area contributed by atoms with Crippen molar-refractivity contribution >= 4 is 11.3 Å². The van der Waals surface area contributed by atoms with Crippen molar-refractivity contribution in [3.8, 4) is 0 Å². The third-order valence-corrected chi connectivity index (χ3v) is 5.25. The van der Waals surface area contributed by atoms with Gasteiger partial charge in [0.05, 0.1) is 24.3 Å². The lowest BCUT2D eigenvalue weighted by molar-refractivity contribution is 0.173. The molecule has 0 aliphatic carbocycles. The van der Waals surface area contributed by atoms with E-state index in [0.717, 1.165) is 62.8 Å². The molecule has 1 fully saturated rings. The van der Waals surface area contributed by atoms with E-state index in [4.69, 9.17) is 4.52 Å². The Kier molecular flexibility index (Phi) is 4.89. The third kappa shape index (κ3) is 3.80. The van der Waals surface area contributed by atoms with Gasteiger partial charge < -0.3 is 9.09 Å². The highest BCUT2D eigenvalue weighted by Gasteiger charge is 2.26. The van der Waals surface area contributed by atoms with Crippen LogP contribution in [0.3, 0.4) is 0 Å². The molecule has 0 N–H and O–H groups in total. The summed E-state index contributed by atoms with van der Waals surface area (Å²) in [6, 6.07) is 0. The molecule has 1 atom stereocenters. The number of likely N-dealkylation sites (tertiary alicyclic amines) is 1. The largest absolute Gasteiger partial charge is 0.338 e. The summed E-state index contributed by atoms with van der Waals surface area (Å²) in [4.78, 5) is 15.9. The fourth-order valence-electron chi connectivity index (χ4n) is 3.40. The number of aromatic nitrogens is 5. The van der Waals surface area contributed by atoms with Crippen LogP contribution in [0.2, 0.25) is 0 Å². The van der Waals surface area contributed by atoms with Crippen molar-refractivity contribution in [2.75, 3.05) is 13.1 Å². The number of piperidine rings is 1. The minimum Gasteiger partial charge on any atom is -0.338 e. The SMILES string of the molecule is CCc1noc(CN2CCC[C@H](c3nccn3Cc3cscn3)C2)n1. The molecule has 7 nitrogen and oxygen atoms in total. The Hall–Kier alpha value is -2.06. The van der Waals surface area contributed by atoms with Crippen LogP contribution in [0, 0.1) is 0 Å². The minimum absolute atomic E-state index is 0.427. The predicted molar refractivity (Wildman–Crippen MR) is 94.4 cm³/mol. The second-order valence-electron chi connectivity index (χ2n) is 6.43. The summed E-state index contributed by atoms with van der Waals surface area (Å²) >= 11 is 1.63. The number of nitrogens with zero attached hydrogens (tertiary/aromatic N) is 6. The molecule has 0 saturated carbocycles. The molecule has 0 amide bonds. The molecule has 1 saturated heterocycles. The van der Waals surface area contributed by atoms with Crippen molar-refractivity contribution < 1.29 is 4.52 Å². The van der Waals surface area contributed by atoms with Crippen molar-refractivity contribution in [3.63, 3.8) is 0 Å². The van der Waals surface area contributed by atoms with E-state index in [1.807, 2.05) is 18.6 Å². The number of rotatable bonds is 6. The third-order valence-electron chi connectivity index (χ3n) is 4.62. The van der Waals surface area contributed by atoms with Crippen molar-refractivity contribution in [2.24, 2.45) is 0 Å². The first-order valence-corrected chi connectivity index (χ1v) is 9.68. The number of hydrogen-bond donors (Lipinski definition) is 0. The highest BCUT2D eigenvalue weighted by Crippen LogP contribution is 2.27. The smallest absolute Gasteiger partial charge is 0.240 e. The molecule has 1 aliphatic rings. The Bertz CT molecular complexity index is 796. The molecule has 3 aromatic rings. The van der Waals surface area contributed by atoms with E-state index in [1.165, 1.54) is 0 Å². The molecule has 8 heteroatoms. The first-order valence-electron chi connectivity index (χ1n) is 8.73. The van der Waals surface area contributed by atoms with Gasteiger partial charge in [-0.1, -0.05) is 12.1 Å². The monoisotopic (exact) mass is 358 g/mol. The number of thiazole rings is 1. The van der Waals surface area contributed by atoms with Gasteiger partial charge in [-0.05, 0) is 19.4 Å². The molecule has 1 aliphatic heterocycles. The second-order valence-corrected chi connectivity index (χ2v) is 7.14. The van der Waals surface area contributed by atoms with Crippen molar-refractivity contribution in [2.45, 2.75) is 45.2 Å². The molecule has 0 bridgehead atoms. The lowest BCUT2D eigenvalue weighted by Crippen LogP contribution is -2.35. The van der Waals surface area contributed by atoms with Gasteiger partial charge in [-0.25, -0.2) is 9.97 Å². The summed E-state index contributed by atoms with van der Waals surface area (Å²) in [5, 5.41) is 6.08. The zero-order chi connectivity index (χ0) is 17.1. The Morgan fingerprint density at radius 3 is 3.08 bits per heavy atom. The standard InChI is InChI=1S/C17H22N6OS/c1-2-15-20-16(24-21-15)10-22-6-3-4-13(8-22)17-18-5-7-23(17)9-14-11-25-12-19-14/h5,7,11-13H,2-4,6,8-10H2,1H3/t13-/m0/s1. The molecule has 4 heterocycles. The fourth-order valence-corrected chi connectivity index (χ4v) is 3.95. The molecular formula is C17H22N6OS. The van der Waals surface area contributed by atoms with Crippen LogP contribution < -0.4 is 0 Å². The van der Waals surface area contributed by atoms with E-state index in [9.17, 15) is 0 Å². The van der Waals surface area contributed by atoms with E-state index in [0.29, 0.717) is 11.8 Å². The van der Waals surface area contributed by atoms with Crippen LogP contribution in [0.25, 0.3) is 0 Å². The maximum absolute atomic E-state index is 5.35. The van der Waals surface area contributed by atoms with E-state index >= 15 is 0 Å². The first-order chi connectivity index (χ1) is 12.3. The van der Waals surface area contributed by atoms with Crippen LogP contribution in [-0.4, -0.2) is 42.7 Å². The van der Waals surface area contributed by atoms with Gasteiger partial charge in [-0.15, -0.1) is 11.3 Å². The Morgan fingerprint density at radius 1 is 1.32 bits per heavy atom. The highest BCUT2D eigenvalue weighted by atomic mass is 32.1. The quantitative estimate of drug-likeness (QED) is 0.675. The zero-order valence-corrected chi connectivity index (χ0v) is 15.2. The molecule has 3 aromatic heterocycles. The van der Waals surface area contributed by atoms with Crippen molar-refractivity contribution in [1.82, 2.24) is 29.6 Å². The maximum atomic E-state index is 5.35. The summed E-state index contributed by atoms with van der Waals surface area (Å²) in [5.74, 6) is 3.07. The number of aryl methyl sites for hydroxylation is 1. The molecule has 4 rings (SSSR count). The molecule has 0 radical (unpaired) electrons. The first kappa shape index (κ1) is 16.4. The summed E-state index contributed by atoms with van der Waals surface area (Å²) in [6.07, 6.45) is 7.07. The predicted octanol–water partition coefficient (Wildman–Crippen LogP) is 2.71. The van der Waals surface area contributed by atoms with Crippen LogP contribution in [0.5, 0.6) is 0 Å². The number of imidazole rings is 1. The molecule has 132 valence electrons. The number of hydrogen-bond acceptors (Lipinski definition) is 7. The van der Waals surface area contributed by atoms with Crippen molar-refractivity contribution in [1.29, 1.82) is 0 Å². The van der Waals surface area contributed by atoms with Gasteiger partial charge in [0.25, 0.3) is 0 Å². The van der Waals surface area contributed by atoms with Crippen LogP contribution in [0.1, 0.15) is 48.9 Å². The Morgan fingerprint density at radius 2 is 2.28 bits per heavy atom. The molecule has 0 aromatic carbocycles. The van der Waals surface area contributed by atoms with Crippen LogP contribution in [0.4, 0.5) is 0 Å². The van der Waals surface area contributed by atoms with Gasteiger partial charge in [0.1, 0.15) is 5.82 Å². The summed E-state index contributed by atoms with van der Waals surface area (Å²) in [7, 11) is 0. The van der Waals surface area contributed by atoms with E-state index in [-0.39, 0.29) is 0 Å². The zero-order valence-electron chi connectivity index (χ0n) is 14.3. The normalized spacial score (nSPS) is 18.7. The van der Waals surface area contributed by atoms with Gasteiger partial charge in [0.15, 0.2) is 5.82 Å². The lowest BCUT2D eigenvalue weighted by atomic mass is 9.97. The summed E-state index contributed by atoms with van der Waals surface area (Å²) < 4.78 is 7.57. The summed E-state index contributed by atoms with van der Waals surface area (Å²) in [6.45, 7) is 5.58. The van der Waals surface area contributed by atoms with Crippen LogP contribution >= 0.6 is 11.3 Å². The van der Waals surface area contributed by atoms with Crippen LogP contribution in [0.15, 0.2) is 27.8 Å². The molecule has 0 unspecified atom stereocenters. The lowest BCUT2D eigenvalue weighted by Gasteiger charge is -2.31. The van der Waals surface area contributed by atoms with Gasteiger partial charge in [0.2, 0.25) is 5.89 Å². The fraction of sp³-hybridized carbons (Fsp3) is 0.529. The second kappa shape index (κ2) is 7.45. The molecule has 25 heavy (non-hydrogen) atoms. The van der Waals surface area contributed by atoms with E-state index in [2.05, 4.69) is 41.2 Å². The maximum Gasteiger partial charge on any atom is 0.240 e. The van der Waals surface area contributed by atoms with Gasteiger partial charge in [0, 0.05) is 36.7 Å². The average molecular weight is 358 g/mol. The van der Waals surface area contributed by atoms with E-state index in [1.54, 1.807) is 11.3 Å². The molecule has 0 spiro atoms.